The van der Waals surface area contributed by atoms with Crippen LogP contribution in [0, 0.1) is 0 Å². The molecule has 90 valence electrons. The van der Waals surface area contributed by atoms with E-state index >= 15 is 0 Å². The molecule has 2 rings (SSSR count). The van der Waals surface area contributed by atoms with Crippen LogP contribution in [-0.2, 0) is 0 Å². The van der Waals surface area contributed by atoms with E-state index in [2.05, 4.69) is 0 Å². The van der Waals surface area contributed by atoms with E-state index in [1.54, 1.807) is 36.4 Å². The largest absolute Gasteiger partial charge is 0.490 e. The zero-order chi connectivity index (χ0) is 12.3. The quantitative estimate of drug-likeness (QED) is 0.915. The molecule has 2 nitrogen and oxygen atoms in total. The topological polar surface area (TPSA) is 29.5 Å². The fourth-order valence-corrected chi connectivity index (χ4v) is 2.53. The van der Waals surface area contributed by atoms with Crippen LogP contribution >= 0.6 is 34.5 Å². The third-order valence-electron chi connectivity index (χ3n) is 2.13. The lowest BCUT2D eigenvalue weighted by Gasteiger charge is -2.10. The fourth-order valence-electron chi connectivity index (χ4n) is 1.32. The number of rotatable bonds is 4. The van der Waals surface area contributed by atoms with E-state index in [0.717, 1.165) is 4.88 Å². The van der Waals surface area contributed by atoms with E-state index in [-0.39, 0.29) is 6.61 Å². The molecule has 1 unspecified atom stereocenters. The highest BCUT2D eigenvalue weighted by atomic mass is 35.5. The number of benzene rings is 1. The molecule has 1 aromatic carbocycles. The molecule has 0 fully saturated rings. The number of halogens is 2. The zero-order valence-electron chi connectivity index (χ0n) is 8.77. The van der Waals surface area contributed by atoms with Crippen molar-refractivity contribution in [3.63, 3.8) is 0 Å². The SMILES string of the molecule is OC(COc1cccc(Cl)c1)c1ccc(Cl)s1. The highest BCUT2D eigenvalue weighted by Gasteiger charge is 2.11. The normalized spacial score (nSPS) is 12.4. The summed E-state index contributed by atoms with van der Waals surface area (Å²) in [5.74, 6) is 0.638. The van der Waals surface area contributed by atoms with Gasteiger partial charge < -0.3 is 9.84 Å². The molecular formula is C12H10Cl2O2S. The minimum atomic E-state index is -0.675. The van der Waals surface area contributed by atoms with Crippen LogP contribution in [0.15, 0.2) is 36.4 Å². The summed E-state index contributed by atoms with van der Waals surface area (Å²) >= 11 is 13.0. The Morgan fingerprint density at radius 1 is 1.24 bits per heavy atom. The van der Waals surface area contributed by atoms with Crippen molar-refractivity contribution < 1.29 is 9.84 Å². The number of aliphatic hydroxyl groups is 1. The molecule has 0 aliphatic carbocycles. The maximum atomic E-state index is 9.86. The van der Waals surface area contributed by atoms with Crippen LogP contribution in [0.5, 0.6) is 5.75 Å². The number of hydrogen-bond acceptors (Lipinski definition) is 3. The molecule has 0 saturated carbocycles. The number of aliphatic hydroxyl groups excluding tert-OH is 1. The molecule has 0 aliphatic rings. The zero-order valence-corrected chi connectivity index (χ0v) is 11.1. The molecule has 0 aliphatic heterocycles. The van der Waals surface area contributed by atoms with Gasteiger partial charge in [-0.05, 0) is 30.3 Å². The summed E-state index contributed by atoms with van der Waals surface area (Å²) in [5.41, 5.74) is 0. The van der Waals surface area contributed by atoms with E-state index in [0.29, 0.717) is 15.1 Å². The average Bonchev–Trinajstić information content (AvgIpc) is 2.73. The number of thiophene rings is 1. The third kappa shape index (κ3) is 3.61. The molecule has 0 spiro atoms. The van der Waals surface area contributed by atoms with E-state index in [1.165, 1.54) is 11.3 Å². The van der Waals surface area contributed by atoms with Gasteiger partial charge in [-0.25, -0.2) is 0 Å². The van der Waals surface area contributed by atoms with Crippen LogP contribution in [0.3, 0.4) is 0 Å². The van der Waals surface area contributed by atoms with E-state index in [4.69, 9.17) is 27.9 Å². The lowest BCUT2D eigenvalue weighted by Crippen LogP contribution is -2.08. The molecule has 1 atom stereocenters. The van der Waals surface area contributed by atoms with Gasteiger partial charge in [0, 0.05) is 9.90 Å². The molecule has 1 aromatic heterocycles. The van der Waals surface area contributed by atoms with Gasteiger partial charge in [0.2, 0.25) is 0 Å². The van der Waals surface area contributed by atoms with Crippen LogP contribution in [0.25, 0.3) is 0 Å². The van der Waals surface area contributed by atoms with Crippen LogP contribution in [0.4, 0.5) is 0 Å². The van der Waals surface area contributed by atoms with Crippen molar-refractivity contribution in [1.29, 1.82) is 0 Å². The first-order chi connectivity index (χ1) is 8.15. The smallest absolute Gasteiger partial charge is 0.122 e. The van der Waals surface area contributed by atoms with Gasteiger partial charge in [0.05, 0.1) is 4.34 Å². The van der Waals surface area contributed by atoms with Crippen molar-refractivity contribution in [3.8, 4) is 5.75 Å². The summed E-state index contributed by atoms with van der Waals surface area (Å²) in [6, 6.07) is 10.6. The predicted molar refractivity (Wildman–Crippen MR) is 71.2 cm³/mol. The Labute approximate surface area is 113 Å². The molecule has 17 heavy (non-hydrogen) atoms. The lowest BCUT2D eigenvalue weighted by atomic mass is 10.3. The van der Waals surface area contributed by atoms with Gasteiger partial charge in [-0.1, -0.05) is 29.3 Å². The van der Waals surface area contributed by atoms with E-state index in [9.17, 15) is 5.11 Å². The van der Waals surface area contributed by atoms with Crippen molar-refractivity contribution in [3.05, 3.63) is 50.6 Å². The van der Waals surface area contributed by atoms with Crippen molar-refractivity contribution in [2.75, 3.05) is 6.61 Å². The second kappa shape index (κ2) is 5.74. The standard InChI is InChI=1S/C12H10Cl2O2S/c13-8-2-1-3-9(6-8)16-7-10(15)11-4-5-12(14)17-11/h1-6,10,15H,7H2. The fraction of sp³-hybridized carbons (Fsp3) is 0.167. The Kier molecular flexibility index (Phi) is 4.29. The molecule has 5 heteroatoms. The molecule has 0 saturated heterocycles. The monoisotopic (exact) mass is 288 g/mol. The van der Waals surface area contributed by atoms with Crippen LogP contribution in [0.2, 0.25) is 9.36 Å². The van der Waals surface area contributed by atoms with Crippen LogP contribution in [-0.4, -0.2) is 11.7 Å². The summed E-state index contributed by atoms with van der Waals surface area (Å²) in [6.45, 7) is 0.178. The summed E-state index contributed by atoms with van der Waals surface area (Å²) in [7, 11) is 0. The first kappa shape index (κ1) is 12.7. The van der Waals surface area contributed by atoms with Gasteiger partial charge in [-0.15, -0.1) is 11.3 Å². The highest BCUT2D eigenvalue weighted by molar-refractivity contribution is 7.16. The highest BCUT2D eigenvalue weighted by Crippen LogP contribution is 2.27. The maximum Gasteiger partial charge on any atom is 0.122 e. The van der Waals surface area contributed by atoms with E-state index < -0.39 is 6.10 Å². The Morgan fingerprint density at radius 3 is 2.71 bits per heavy atom. The lowest BCUT2D eigenvalue weighted by molar-refractivity contribution is 0.111. The van der Waals surface area contributed by atoms with Gasteiger partial charge in [-0.2, -0.15) is 0 Å². The summed E-state index contributed by atoms with van der Waals surface area (Å²) < 4.78 is 6.10. The van der Waals surface area contributed by atoms with Gasteiger partial charge in [0.25, 0.3) is 0 Å². The Balaban J connectivity index is 1.94. The third-order valence-corrected chi connectivity index (χ3v) is 3.69. The average molecular weight is 289 g/mol. The molecule has 0 bridgehead atoms. The van der Waals surface area contributed by atoms with Gasteiger partial charge in [0.15, 0.2) is 0 Å². The van der Waals surface area contributed by atoms with Gasteiger partial charge >= 0.3 is 0 Å². The van der Waals surface area contributed by atoms with Gasteiger partial charge in [-0.3, -0.25) is 0 Å². The van der Waals surface area contributed by atoms with Gasteiger partial charge in [0.1, 0.15) is 18.5 Å². The first-order valence-corrected chi connectivity index (χ1v) is 6.54. The molecule has 2 aromatic rings. The van der Waals surface area contributed by atoms with Crippen LogP contribution in [0.1, 0.15) is 11.0 Å². The summed E-state index contributed by atoms with van der Waals surface area (Å²) in [5, 5.41) is 10.5. The Morgan fingerprint density at radius 2 is 2.06 bits per heavy atom. The Bertz CT molecular complexity index is 499. The second-order valence-electron chi connectivity index (χ2n) is 3.43. The van der Waals surface area contributed by atoms with Crippen molar-refractivity contribution in [1.82, 2.24) is 0 Å². The van der Waals surface area contributed by atoms with Crippen molar-refractivity contribution in [2.45, 2.75) is 6.10 Å². The van der Waals surface area contributed by atoms with Crippen molar-refractivity contribution >= 4 is 34.5 Å². The molecule has 0 amide bonds. The number of hydrogen-bond donors (Lipinski definition) is 1. The van der Waals surface area contributed by atoms with E-state index in [1.807, 2.05) is 0 Å². The summed E-state index contributed by atoms with van der Waals surface area (Å²) in [4.78, 5) is 0.789. The van der Waals surface area contributed by atoms with Crippen LogP contribution < -0.4 is 4.74 Å². The first-order valence-electron chi connectivity index (χ1n) is 4.97. The Hall–Kier alpha value is -0.740. The molecule has 1 N–H and O–H groups in total. The molecule has 0 radical (unpaired) electrons. The summed E-state index contributed by atoms with van der Waals surface area (Å²) in [6.07, 6.45) is -0.675. The molecular weight excluding hydrogens is 279 g/mol. The maximum absolute atomic E-state index is 9.86. The second-order valence-corrected chi connectivity index (χ2v) is 5.61. The predicted octanol–water partition coefficient (Wildman–Crippen LogP) is 4.17. The minimum absolute atomic E-state index is 0.178. The minimum Gasteiger partial charge on any atom is -0.490 e. The van der Waals surface area contributed by atoms with Crippen molar-refractivity contribution in [2.24, 2.45) is 0 Å². The molecule has 1 heterocycles. The number of ether oxygens (including phenoxy) is 1.